The van der Waals surface area contributed by atoms with Crippen LogP contribution in [0.25, 0.3) is 11.3 Å². The van der Waals surface area contributed by atoms with Gasteiger partial charge in [-0.15, -0.1) is 0 Å². The average Bonchev–Trinajstić information content (AvgIpc) is 3.39. The normalized spacial score (nSPS) is 22.5. The Kier molecular flexibility index (Phi) is 5.08. The lowest BCUT2D eigenvalue weighted by Crippen LogP contribution is -2.45. The minimum absolute atomic E-state index is 0.229. The molecule has 1 aromatic carbocycles. The van der Waals surface area contributed by atoms with Gasteiger partial charge in [0.05, 0.1) is 16.4 Å². The number of fused-ring (bicyclic) bond motifs is 3. The van der Waals surface area contributed by atoms with Crippen LogP contribution in [0.15, 0.2) is 42.7 Å². The van der Waals surface area contributed by atoms with Crippen molar-refractivity contribution in [1.29, 1.82) is 0 Å². The van der Waals surface area contributed by atoms with Gasteiger partial charge in [-0.25, -0.2) is 15.0 Å². The molecular weight excluding hydrogens is 466 g/mol. The van der Waals surface area contributed by atoms with Crippen LogP contribution in [0, 0.1) is 0 Å². The standard InChI is InChI=1S/C25H26ClN7O2/c1-25(2)23(34)31-22-21(35-25)8-14(11-28-22)19-6-7-27-24(30-19)29-15-4-5-20(18(26)9-15)33-13-16-10-17(33)12-32(16)3/h4-9,11,16-17H,10,12-13H2,1-3H3,(H,27,29,30)(H,28,31,34)/t16-,17-/m0/s1. The Labute approximate surface area is 208 Å². The molecule has 6 rings (SSSR count). The molecule has 2 aromatic heterocycles. The molecule has 2 atom stereocenters. The summed E-state index contributed by atoms with van der Waals surface area (Å²) in [7, 11) is 2.19. The van der Waals surface area contributed by atoms with Crippen molar-refractivity contribution in [2.75, 3.05) is 35.7 Å². The summed E-state index contributed by atoms with van der Waals surface area (Å²) in [5.74, 6) is 1.12. The Balaban J connectivity index is 1.21. The highest BCUT2D eigenvalue weighted by Gasteiger charge is 2.42. The van der Waals surface area contributed by atoms with Gasteiger partial charge in [-0.3, -0.25) is 9.69 Å². The van der Waals surface area contributed by atoms with Gasteiger partial charge in [-0.1, -0.05) is 11.6 Å². The summed E-state index contributed by atoms with van der Waals surface area (Å²) in [6, 6.07) is 10.7. The van der Waals surface area contributed by atoms with Crippen molar-refractivity contribution in [2.24, 2.45) is 0 Å². The summed E-state index contributed by atoms with van der Waals surface area (Å²) in [6.45, 7) is 5.52. The van der Waals surface area contributed by atoms with E-state index in [9.17, 15) is 4.79 Å². The number of anilines is 4. The van der Waals surface area contributed by atoms with E-state index in [1.807, 2.05) is 18.2 Å². The van der Waals surface area contributed by atoms with E-state index in [-0.39, 0.29) is 5.91 Å². The van der Waals surface area contributed by atoms with Crippen LogP contribution in [0.2, 0.25) is 5.02 Å². The molecule has 10 heteroatoms. The van der Waals surface area contributed by atoms with Gasteiger partial charge in [0, 0.05) is 48.8 Å². The minimum Gasteiger partial charge on any atom is -0.474 e. The number of amides is 1. The summed E-state index contributed by atoms with van der Waals surface area (Å²) >= 11 is 6.69. The first kappa shape index (κ1) is 22.1. The summed E-state index contributed by atoms with van der Waals surface area (Å²) in [6.07, 6.45) is 4.53. The summed E-state index contributed by atoms with van der Waals surface area (Å²) in [4.78, 5) is 30.3. The van der Waals surface area contributed by atoms with Crippen molar-refractivity contribution in [3.8, 4) is 17.0 Å². The fraction of sp³-hybridized carbons (Fsp3) is 0.360. The number of halogens is 1. The summed E-state index contributed by atoms with van der Waals surface area (Å²) in [5.41, 5.74) is 2.35. The van der Waals surface area contributed by atoms with Gasteiger partial charge < -0.3 is 20.3 Å². The number of carbonyl (C=O) groups is 1. The van der Waals surface area contributed by atoms with Crippen LogP contribution < -0.4 is 20.3 Å². The van der Waals surface area contributed by atoms with Gasteiger partial charge in [-0.05, 0) is 57.6 Å². The zero-order valence-corrected chi connectivity index (χ0v) is 20.5. The molecule has 3 aliphatic heterocycles. The van der Waals surface area contributed by atoms with E-state index >= 15 is 0 Å². The number of nitrogens with zero attached hydrogens (tertiary/aromatic N) is 5. The first-order chi connectivity index (χ1) is 16.8. The van der Waals surface area contributed by atoms with Crippen molar-refractivity contribution in [3.63, 3.8) is 0 Å². The summed E-state index contributed by atoms with van der Waals surface area (Å²) < 4.78 is 5.86. The van der Waals surface area contributed by atoms with E-state index < -0.39 is 5.60 Å². The first-order valence-electron chi connectivity index (χ1n) is 11.6. The first-order valence-corrected chi connectivity index (χ1v) is 12.0. The quantitative estimate of drug-likeness (QED) is 0.566. The van der Waals surface area contributed by atoms with Crippen molar-refractivity contribution in [3.05, 3.63) is 47.7 Å². The third-order valence-corrected chi connectivity index (χ3v) is 7.28. The number of hydrogen-bond donors (Lipinski definition) is 2. The minimum atomic E-state index is -0.971. The fourth-order valence-corrected chi connectivity index (χ4v) is 5.31. The molecule has 2 saturated heterocycles. The Morgan fingerprint density at radius 2 is 2.03 bits per heavy atom. The lowest BCUT2D eigenvalue weighted by Gasteiger charge is -2.34. The predicted octanol–water partition coefficient (Wildman–Crippen LogP) is 3.94. The SMILES string of the molecule is CN1C[C@@H]2C[C@H]1CN2c1ccc(Nc2nccc(-c3cnc4c(c3)OC(C)(C)C(=O)N4)n2)cc1Cl. The number of likely N-dealkylation sites (N-methyl/N-ethyl adjacent to an activating group) is 1. The molecule has 2 bridgehead atoms. The van der Waals surface area contributed by atoms with Crippen molar-refractivity contribution in [1.82, 2.24) is 19.9 Å². The van der Waals surface area contributed by atoms with Crippen LogP contribution in [0.5, 0.6) is 5.75 Å². The topological polar surface area (TPSA) is 95.5 Å². The van der Waals surface area contributed by atoms with Crippen LogP contribution in [0.4, 0.5) is 23.1 Å². The zero-order valence-electron chi connectivity index (χ0n) is 19.7. The van der Waals surface area contributed by atoms with Crippen LogP contribution in [0.3, 0.4) is 0 Å². The molecular formula is C25H26ClN7O2. The number of pyridine rings is 1. The molecule has 0 spiro atoms. The second-order valence-electron chi connectivity index (χ2n) is 9.83. The van der Waals surface area contributed by atoms with Gasteiger partial charge in [0.2, 0.25) is 5.95 Å². The van der Waals surface area contributed by atoms with Crippen LogP contribution in [-0.4, -0.2) is 63.6 Å². The van der Waals surface area contributed by atoms with Gasteiger partial charge in [0.15, 0.2) is 17.2 Å². The number of benzene rings is 1. The van der Waals surface area contributed by atoms with Crippen LogP contribution >= 0.6 is 11.6 Å². The maximum Gasteiger partial charge on any atom is 0.269 e. The Hall–Kier alpha value is -3.43. The molecule has 2 N–H and O–H groups in total. The molecule has 2 fully saturated rings. The van der Waals surface area contributed by atoms with Crippen LogP contribution in [0.1, 0.15) is 20.3 Å². The van der Waals surface area contributed by atoms with E-state index in [0.717, 1.165) is 30.0 Å². The number of nitrogens with one attached hydrogen (secondary N) is 2. The highest BCUT2D eigenvalue weighted by atomic mass is 35.5. The van der Waals surface area contributed by atoms with E-state index in [1.54, 1.807) is 32.3 Å². The van der Waals surface area contributed by atoms with Crippen molar-refractivity contribution >= 4 is 40.6 Å². The Bertz CT molecular complexity index is 1330. The van der Waals surface area contributed by atoms with Crippen molar-refractivity contribution in [2.45, 2.75) is 38.0 Å². The average molecular weight is 492 g/mol. The molecule has 35 heavy (non-hydrogen) atoms. The second kappa shape index (κ2) is 8.07. The van der Waals surface area contributed by atoms with Gasteiger partial charge in [-0.2, -0.15) is 0 Å². The highest BCUT2D eigenvalue weighted by molar-refractivity contribution is 6.33. The third kappa shape index (κ3) is 3.94. The number of hydrogen-bond acceptors (Lipinski definition) is 8. The molecule has 5 heterocycles. The molecule has 3 aromatic rings. The summed E-state index contributed by atoms with van der Waals surface area (Å²) in [5, 5.41) is 6.74. The molecule has 0 aliphatic carbocycles. The third-order valence-electron chi connectivity index (χ3n) is 6.98. The fourth-order valence-electron chi connectivity index (χ4n) is 5.02. The maximum atomic E-state index is 12.1. The number of aromatic nitrogens is 3. The van der Waals surface area contributed by atoms with Gasteiger partial charge in [0.25, 0.3) is 5.91 Å². The zero-order chi connectivity index (χ0) is 24.3. The van der Waals surface area contributed by atoms with Crippen molar-refractivity contribution < 1.29 is 9.53 Å². The molecule has 180 valence electrons. The monoisotopic (exact) mass is 491 g/mol. The van der Waals surface area contributed by atoms with E-state index in [1.165, 1.54) is 6.42 Å². The Morgan fingerprint density at radius 3 is 2.77 bits per heavy atom. The molecule has 0 unspecified atom stereocenters. The smallest absolute Gasteiger partial charge is 0.269 e. The number of rotatable bonds is 4. The largest absolute Gasteiger partial charge is 0.474 e. The number of ether oxygens (including phenoxy) is 1. The van der Waals surface area contributed by atoms with Gasteiger partial charge >= 0.3 is 0 Å². The molecule has 9 nitrogen and oxygen atoms in total. The Morgan fingerprint density at radius 1 is 1.17 bits per heavy atom. The van der Waals surface area contributed by atoms with Gasteiger partial charge in [0.1, 0.15) is 0 Å². The van der Waals surface area contributed by atoms with Crippen LogP contribution in [-0.2, 0) is 4.79 Å². The lowest BCUT2D eigenvalue weighted by atomic mass is 10.1. The number of carbonyl (C=O) groups excluding carboxylic acids is 1. The second-order valence-corrected chi connectivity index (χ2v) is 10.2. The van der Waals surface area contributed by atoms with E-state index in [2.05, 4.69) is 48.5 Å². The van der Waals surface area contributed by atoms with E-state index in [4.69, 9.17) is 16.3 Å². The molecule has 3 aliphatic rings. The molecule has 1 amide bonds. The lowest BCUT2D eigenvalue weighted by molar-refractivity contribution is -0.129. The molecule has 0 saturated carbocycles. The maximum absolute atomic E-state index is 12.1. The number of likely N-dealkylation sites (tertiary alicyclic amines) is 1. The molecule has 0 radical (unpaired) electrons. The highest BCUT2D eigenvalue weighted by Crippen LogP contribution is 2.39. The predicted molar refractivity (Wildman–Crippen MR) is 136 cm³/mol. The number of piperazine rings is 1. The van der Waals surface area contributed by atoms with E-state index in [0.29, 0.717) is 40.3 Å².